The summed E-state index contributed by atoms with van der Waals surface area (Å²) in [6.07, 6.45) is 17.9. The van der Waals surface area contributed by atoms with Gasteiger partial charge in [-0.3, -0.25) is 9.13 Å². The maximum absolute atomic E-state index is 10.6. The third-order valence-electron chi connectivity index (χ3n) is 14.3. The topological polar surface area (TPSA) is 48.5 Å². The Hall–Kier alpha value is -5.07. The van der Waals surface area contributed by atoms with Crippen LogP contribution in [0.4, 0.5) is 0 Å². The highest BCUT2D eigenvalue weighted by atomic mass is 28.3. The second kappa shape index (κ2) is 14.7. The molecule has 0 N–H and O–H groups in total. The molecular weight excluding hydrogens is 711 g/mol. The van der Waals surface area contributed by atoms with E-state index in [1.54, 1.807) is 0 Å². The fraction of sp³-hybridized carbons (Fsp3) is 0.353. The molecule has 0 radical (unpaired) electrons. The van der Waals surface area contributed by atoms with Gasteiger partial charge in [-0.2, -0.15) is 15.0 Å². The van der Waals surface area contributed by atoms with E-state index in [4.69, 9.17) is 15.0 Å². The summed E-state index contributed by atoms with van der Waals surface area (Å²) in [5.41, 5.74) is 5.51. The summed E-state index contributed by atoms with van der Waals surface area (Å²) in [6, 6.07) is 33.4. The Labute approximate surface area is 342 Å². The van der Waals surface area contributed by atoms with E-state index >= 15 is 0 Å². The first kappa shape index (κ1) is 31.0. The van der Waals surface area contributed by atoms with Crippen LogP contribution in [0.25, 0.3) is 66.9 Å². The lowest BCUT2D eigenvalue weighted by molar-refractivity contribution is 0.421. The standard InChI is InChI=1S/C51H53N5Si/c1-4-20-37(21-5-1)57(38-22-6-2-7-23-38,39-24-8-3-9-25-39)40-26-18-19-36(35-40)49-52-50(55-45-31-14-10-27-41(45)42-28-11-15-32-46(42)55)54-51(53-49)56-47-33-16-12-29-43(47)44-30-13-17-34-48(44)56/h10-19,26-35,37-39H,1-9,20-25H2/i18D,19D,26D,35D. The molecule has 0 atom stereocenters. The zero-order chi connectivity index (χ0) is 41.2. The van der Waals surface area contributed by atoms with Gasteiger partial charge in [0.25, 0.3) is 0 Å². The van der Waals surface area contributed by atoms with Crippen molar-refractivity contribution in [2.45, 2.75) is 113 Å². The van der Waals surface area contributed by atoms with Crippen molar-refractivity contribution in [1.82, 2.24) is 24.1 Å². The number of para-hydroxylation sites is 4. The highest BCUT2D eigenvalue weighted by Crippen LogP contribution is 2.56. The molecule has 3 aliphatic rings. The average molecular weight is 768 g/mol. The van der Waals surface area contributed by atoms with Crippen molar-refractivity contribution >= 4 is 56.9 Å². The third-order valence-corrected chi connectivity index (χ3v) is 21.2. The molecule has 0 unspecified atom stereocenters. The van der Waals surface area contributed by atoms with Crippen molar-refractivity contribution in [1.29, 1.82) is 0 Å². The molecule has 8 aromatic rings. The van der Waals surface area contributed by atoms with Crippen molar-refractivity contribution < 1.29 is 5.48 Å². The van der Waals surface area contributed by atoms with Crippen molar-refractivity contribution in [3.63, 3.8) is 0 Å². The van der Waals surface area contributed by atoms with Crippen LogP contribution in [0, 0.1) is 0 Å². The highest BCUT2D eigenvalue weighted by molar-refractivity contribution is 6.95. The van der Waals surface area contributed by atoms with Crippen LogP contribution in [-0.4, -0.2) is 32.2 Å². The largest absolute Gasteiger partial charge is 0.278 e. The lowest BCUT2D eigenvalue weighted by Gasteiger charge is -2.53. The van der Waals surface area contributed by atoms with Gasteiger partial charge in [-0.1, -0.05) is 198 Å². The van der Waals surface area contributed by atoms with Gasteiger partial charge in [-0.15, -0.1) is 0 Å². The first-order valence-electron chi connectivity index (χ1n) is 23.8. The number of hydrogen-bond acceptors (Lipinski definition) is 3. The maximum Gasteiger partial charge on any atom is 0.240 e. The first-order valence-corrected chi connectivity index (χ1v) is 24.0. The monoisotopic (exact) mass is 767 g/mol. The van der Waals surface area contributed by atoms with E-state index in [0.717, 1.165) is 87.3 Å². The molecule has 3 aromatic heterocycles. The van der Waals surface area contributed by atoms with Gasteiger partial charge in [-0.05, 0) is 40.9 Å². The summed E-state index contributed by atoms with van der Waals surface area (Å²) >= 11 is 0. The van der Waals surface area contributed by atoms with Gasteiger partial charge in [-0.25, -0.2) is 0 Å². The zero-order valence-electron chi connectivity index (χ0n) is 36.8. The van der Waals surface area contributed by atoms with E-state index in [2.05, 4.69) is 81.9 Å². The first-order chi connectivity index (χ1) is 30.0. The molecule has 5 nitrogen and oxygen atoms in total. The molecule has 5 aromatic carbocycles. The quantitative estimate of drug-likeness (QED) is 0.152. The smallest absolute Gasteiger partial charge is 0.240 e. The van der Waals surface area contributed by atoms with E-state index < -0.39 is 8.07 Å². The van der Waals surface area contributed by atoms with Crippen molar-refractivity contribution in [2.75, 3.05) is 0 Å². The van der Waals surface area contributed by atoms with E-state index in [9.17, 15) is 5.48 Å². The second-order valence-corrected chi connectivity index (χ2v) is 22.0. The second-order valence-electron chi connectivity index (χ2n) is 17.2. The summed E-state index contributed by atoms with van der Waals surface area (Å²) in [5, 5.41) is 5.18. The van der Waals surface area contributed by atoms with Crippen LogP contribution in [0.5, 0.6) is 0 Å². The van der Waals surface area contributed by atoms with Gasteiger partial charge in [0.1, 0.15) is 0 Å². The summed E-state index contributed by atoms with van der Waals surface area (Å²) in [7, 11) is -2.72. The molecule has 0 aliphatic heterocycles. The minimum absolute atomic E-state index is 0.0856. The molecule has 3 aliphatic carbocycles. The van der Waals surface area contributed by atoms with Gasteiger partial charge in [0.15, 0.2) is 5.82 Å². The number of aromatic nitrogens is 5. The molecule has 0 saturated heterocycles. The van der Waals surface area contributed by atoms with Gasteiger partial charge in [0, 0.05) is 27.1 Å². The van der Waals surface area contributed by atoms with Gasteiger partial charge in [0.05, 0.1) is 35.6 Å². The fourth-order valence-corrected chi connectivity index (χ4v) is 19.9. The van der Waals surface area contributed by atoms with Crippen molar-refractivity contribution in [3.05, 3.63) is 121 Å². The number of rotatable bonds is 7. The Balaban J connectivity index is 1.24. The lowest BCUT2D eigenvalue weighted by Crippen LogP contribution is -2.60. The Morgan fingerprint density at radius 1 is 0.456 bits per heavy atom. The lowest BCUT2D eigenvalue weighted by atomic mass is 9.98. The van der Waals surface area contributed by atoms with E-state index in [1.807, 2.05) is 24.3 Å². The van der Waals surface area contributed by atoms with Crippen molar-refractivity contribution in [3.8, 4) is 23.3 Å². The van der Waals surface area contributed by atoms with E-state index in [1.165, 1.54) is 57.8 Å². The molecule has 0 bridgehead atoms. The number of hydrogen-bond donors (Lipinski definition) is 0. The van der Waals surface area contributed by atoms with Crippen molar-refractivity contribution in [2.24, 2.45) is 0 Å². The molecule has 0 spiro atoms. The normalized spacial score (nSPS) is 18.9. The molecule has 3 heterocycles. The number of benzene rings is 5. The Bertz CT molecular complexity index is 2670. The third kappa shape index (κ3) is 5.80. The Kier molecular flexibility index (Phi) is 7.99. The summed E-state index contributed by atoms with van der Waals surface area (Å²) in [4.78, 5) is 16.0. The van der Waals surface area contributed by atoms with Crippen LogP contribution in [0.3, 0.4) is 0 Å². The SMILES string of the molecule is [2H]c1c([2H])c(-c2nc(-n3c4ccccc4c4ccccc43)nc(-n3c4ccccc4c4ccccc43)n2)c([2H])c([Si](C2CCCCC2)(C2CCCCC2)C2CCCCC2)c1[2H]. The number of fused-ring (bicyclic) bond motifs is 6. The predicted molar refractivity (Wildman–Crippen MR) is 240 cm³/mol. The van der Waals surface area contributed by atoms with Crippen LogP contribution >= 0.6 is 0 Å². The van der Waals surface area contributed by atoms with Gasteiger partial charge < -0.3 is 0 Å². The molecule has 6 heteroatoms. The van der Waals surface area contributed by atoms with Gasteiger partial charge >= 0.3 is 0 Å². The summed E-state index contributed by atoms with van der Waals surface area (Å²) in [6.45, 7) is 0. The van der Waals surface area contributed by atoms with Crippen LogP contribution in [0.15, 0.2) is 121 Å². The van der Waals surface area contributed by atoms with Crippen LogP contribution in [0.1, 0.15) is 102 Å². The van der Waals surface area contributed by atoms with Crippen LogP contribution in [0.2, 0.25) is 16.6 Å². The Morgan fingerprint density at radius 3 is 1.21 bits per heavy atom. The predicted octanol–water partition coefficient (Wildman–Crippen LogP) is 13.4. The van der Waals surface area contributed by atoms with Gasteiger partial charge in [0.2, 0.25) is 11.9 Å². The van der Waals surface area contributed by atoms with Crippen LogP contribution < -0.4 is 5.19 Å². The number of nitrogens with zero attached hydrogens (tertiary/aromatic N) is 5. The van der Waals surface area contributed by atoms with Crippen LogP contribution in [-0.2, 0) is 0 Å². The summed E-state index contributed by atoms with van der Waals surface area (Å²) < 4.78 is 44.2. The average Bonchev–Trinajstić information content (AvgIpc) is 3.84. The minimum Gasteiger partial charge on any atom is -0.278 e. The molecule has 3 fully saturated rings. The summed E-state index contributed by atoms with van der Waals surface area (Å²) in [5.74, 6) is 1.03. The fourth-order valence-electron chi connectivity index (χ4n) is 12.0. The van der Waals surface area contributed by atoms with E-state index in [0.29, 0.717) is 28.5 Å². The molecule has 3 saturated carbocycles. The molecule has 57 heavy (non-hydrogen) atoms. The molecule has 0 amide bonds. The Morgan fingerprint density at radius 2 is 0.825 bits per heavy atom. The highest BCUT2D eigenvalue weighted by Gasteiger charge is 2.53. The minimum atomic E-state index is -2.72. The zero-order valence-corrected chi connectivity index (χ0v) is 33.8. The molecular formula is C51H53N5Si. The maximum atomic E-state index is 10.6. The molecule has 11 rings (SSSR count). The molecule has 286 valence electrons. The van der Waals surface area contributed by atoms with E-state index in [-0.39, 0.29) is 35.6 Å².